The number of hydrogen-bond acceptors (Lipinski definition) is 13. The summed E-state index contributed by atoms with van der Waals surface area (Å²) < 4.78 is 52.0. The quantitative estimate of drug-likeness (QED) is 0.124. The monoisotopic (exact) mass is 655 g/mol. The van der Waals surface area contributed by atoms with E-state index >= 15 is 0 Å². The van der Waals surface area contributed by atoms with Crippen molar-refractivity contribution in [2.24, 2.45) is 0 Å². The maximum absolute atomic E-state index is 14.7. The van der Waals surface area contributed by atoms with Crippen LogP contribution in [0.5, 0.6) is 0 Å². The average molecular weight is 656 g/mol. The van der Waals surface area contributed by atoms with Crippen molar-refractivity contribution in [1.29, 1.82) is 0 Å². The van der Waals surface area contributed by atoms with E-state index in [2.05, 4.69) is 25.1 Å². The number of anilines is 1. The number of fused-ring (bicyclic) bond motifs is 1. The first kappa shape index (κ1) is 34.8. The topological polar surface area (TPSA) is 225 Å². The molecule has 0 spiro atoms. The van der Waals surface area contributed by atoms with Crippen LogP contribution in [0.15, 0.2) is 11.1 Å². The zero-order chi connectivity index (χ0) is 32.4. The molecule has 3 rings (SSSR count). The Morgan fingerprint density at radius 2 is 1.70 bits per heavy atom. The van der Waals surface area contributed by atoms with Crippen LogP contribution in [-0.2, 0) is 40.1 Å². The first-order valence-electron chi connectivity index (χ1n) is 13.2. The summed E-state index contributed by atoms with van der Waals surface area (Å²) >= 11 is 5.59. The number of H-pyrrole nitrogens is 1. The molecule has 1 aliphatic rings. The fraction of sp³-hybridized carbons (Fsp3) is 0.696. The predicted molar refractivity (Wildman–Crippen MR) is 151 cm³/mol. The first-order valence-corrected chi connectivity index (χ1v) is 15.9. The van der Waals surface area contributed by atoms with E-state index in [0.29, 0.717) is 0 Å². The number of aromatic amines is 1. The molecule has 6 atom stereocenters. The number of esters is 2. The fourth-order valence-corrected chi connectivity index (χ4v) is 7.05. The van der Waals surface area contributed by atoms with Crippen molar-refractivity contribution in [2.45, 2.75) is 96.3 Å². The Morgan fingerprint density at radius 3 is 2.19 bits per heavy atom. The smallest absolute Gasteiger partial charge is 0.323 e. The number of carbonyl (C=O) groups is 2. The Morgan fingerprint density at radius 1 is 1.16 bits per heavy atom. The number of rotatable bonds is 13. The van der Waals surface area contributed by atoms with Crippen molar-refractivity contribution in [3.63, 3.8) is 0 Å². The van der Waals surface area contributed by atoms with E-state index in [4.69, 9.17) is 36.3 Å². The molecule has 2 aromatic heterocycles. The lowest BCUT2D eigenvalue weighted by atomic mass is 9.96. The van der Waals surface area contributed by atoms with Gasteiger partial charge in [0, 0.05) is 0 Å². The molecule has 0 radical (unpaired) electrons. The number of carbonyl (C=O) groups excluding carboxylic acids is 2. The molecule has 16 nitrogen and oxygen atoms in total. The third kappa shape index (κ3) is 7.72. The van der Waals surface area contributed by atoms with Gasteiger partial charge in [-0.2, -0.15) is 4.98 Å². The van der Waals surface area contributed by atoms with Crippen LogP contribution in [0, 0.1) is 0 Å². The van der Waals surface area contributed by atoms with E-state index < -0.39 is 85.4 Å². The van der Waals surface area contributed by atoms with Crippen LogP contribution in [0.2, 0.25) is 0 Å². The SMILES string of the molecule is CC(C)OC(=O)C(C)NP(=S)(NC(C)C(=O)OC(C)C)OCC1(C(F)F)OC(n2cnc3c(=O)[nH]c(N)nc32)C(O)C1O. The maximum atomic E-state index is 14.7. The number of nitrogens with zero attached hydrogens (tertiary/aromatic N) is 3. The molecule has 1 saturated heterocycles. The van der Waals surface area contributed by atoms with Gasteiger partial charge < -0.3 is 34.7 Å². The van der Waals surface area contributed by atoms with E-state index in [9.17, 15) is 33.4 Å². The number of alkyl halides is 2. The van der Waals surface area contributed by atoms with Crippen molar-refractivity contribution in [2.75, 3.05) is 12.3 Å². The van der Waals surface area contributed by atoms with Gasteiger partial charge in [0.05, 0.1) is 25.1 Å². The van der Waals surface area contributed by atoms with E-state index in [1.165, 1.54) is 13.8 Å². The Balaban J connectivity index is 1.94. The molecular weight excluding hydrogens is 619 g/mol. The minimum absolute atomic E-state index is 0.202. The number of nitrogen functional groups attached to an aromatic ring is 1. The van der Waals surface area contributed by atoms with Gasteiger partial charge in [0.15, 0.2) is 29.6 Å². The van der Waals surface area contributed by atoms with E-state index in [1.54, 1.807) is 27.7 Å². The number of hydrogen-bond donors (Lipinski definition) is 6. The minimum Gasteiger partial charge on any atom is -0.462 e. The highest BCUT2D eigenvalue weighted by Crippen LogP contribution is 2.47. The van der Waals surface area contributed by atoms with Crippen LogP contribution in [0.3, 0.4) is 0 Å². The molecule has 1 fully saturated rings. The Bertz CT molecular complexity index is 1390. The van der Waals surface area contributed by atoms with Gasteiger partial charge in [0.25, 0.3) is 12.0 Å². The molecule has 0 bridgehead atoms. The molecule has 7 N–H and O–H groups in total. The summed E-state index contributed by atoms with van der Waals surface area (Å²) in [4.78, 5) is 47.2. The summed E-state index contributed by atoms with van der Waals surface area (Å²) in [7, 11) is 0. The van der Waals surface area contributed by atoms with Gasteiger partial charge in [-0.3, -0.25) is 23.9 Å². The first-order chi connectivity index (χ1) is 19.9. The van der Waals surface area contributed by atoms with Crippen LogP contribution < -0.4 is 21.5 Å². The van der Waals surface area contributed by atoms with Crippen LogP contribution >= 0.6 is 6.57 Å². The molecule has 1 aliphatic heterocycles. The zero-order valence-corrected chi connectivity index (χ0v) is 25.9. The molecule has 0 aliphatic carbocycles. The van der Waals surface area contributed by atoms with Crippen LogP contribution in [0.25, 0.3) is 11.2 Å². The third-order valence-electron chi connectivity index (χ3n) is 6.16. The molecule has 242 valence electrons. The summed E-state index contributed by atoms with van der Waals surface area (Å²) in [5.74, 6) is -1.79. The third-order valence-corrected chi connectivity index (χ3v) is 9.06. The van der Waals surface area contributed by atoms with Gasteiger partial charge in [0.2, 0.25) is 5.95 Å². The summed E-state index contributed by atoms with van der Waals surface area (Å²) in [6.45, 7) is 4.33. The Labute approximate surface area is 249 Å². The van der Waals surface area contributed by atoms with Crippen LogP contribution in [0.4, 0.5) is 14.7 Å². The highest BCUT2D eigenvalue weighted by atomic mass is 32.4. The highest BCUT2D eigenvalue weighted by molar-refractivity contribution is 8.10. The minimum atomic E-state index is -3.81. The number of aromatic nitrogens is 4. The normalized spacial score (nSPS) is 25.3. The zero-order valence-electron chi connectivity index (χ0n) is 24.2. The second kappa shape index (κ2) is 13.6. The van der Waals surface area contributed by atoms with Gasteiger partial charge in [-0.05, 0) is 53.3 Å². The molecule has 0 aromatic carbocycles. The fourth-order valence-electron chi connectivity index (χ4n) is 4.11. The molecular formula is C23H36F2N7O9PS. The molecule has 20 heteroatoms. The molecule has 43 heavy (non-hydrogen) atoms. The summed E-state index contributed by atoms with van der Waals surface area (Å²) in [6, 6.07) is -2.26. The largest absolute Gasteiger partial charge is 0.462 e. The lowest BCUT2D eigenvalue weighted by molar-refractivity contribution is -0.190. The number of ether oxygens (including phenoxy) is 3. The van der Waals surface area contributed by atoms with Crippen molar-refractivity contribution >= 4 is 47.4 Å². The van der Waals surface area contributed by atoms with Crippen molar-refractivity contribution < 1.29 is 47.3 Å². The number of nitrogens with two attached hydrogens (primary N) is 1. The van der Waals surface area contributed by atoms with E-state index in [1.807, 2.05) is 0 Å². The van der Waals surface area contributed by atoms with Crippen molar-refractivity contribution in [3.05, 3.63) is 16.7 Å². The number of halogens is 2. The second-order valence-corrected chi connectivity index (χ2v) is 13.9. The second-order valence-electron chi connectivity index (χ2n) is 10.5. The summed E-state index contributed by atoms with van der Waals surface area (Å²) in [6.07, 6.45) is -9.39. The van der Waals surface area contributed by atoms with Gasteiger partial charge >= 0.3 is 11.9 Å². The number of nitrogens with one attached hydrogen (secondary N) is 3. The van der Waals surface area contributed by atoms with Crippen molar-refractivity contribution in [1.82, 2.24) is 29.7 Å². The number of aliphatic hydroxyl groups excluding tert-OH is 2. The Kier molecular flexibility index (Phi) is 11.0. The standard InChI is InChI=1S/C23H36F2N7O9PS/c1-9(2)39-19(36)11(5)30-42(43,31-12(6)20(37)40-10(3)4)38-7-23(21(24)25)15(34)14(33)18(41-23)32-8-27-13-16(32)28-22(26)29-17(13)35/h8-12,14-15,18,21,33-34H,7H2,1-6H3,(H2,30,31,43)(H3,26,28,29,35). The highest BCUT2D eigenvalue weighted by Gasteiger charge is 2.61. The average Bonchev–Trinajstić information content (AvgIpc) is 3.41. The number of imidazole rings is 1. The lowest BCUT2D eigenvalue weighted by Gasteiger charge is -2.35. The van der Waals surface area contributed by atoms with Crippen molar-refractivity contribution in [3.8, 4) is 0 Å². The van der Waals surface area contributed by atoms with E-state index in [0.717, 1.165) is 10.9 Å². The maximum Gasteiger partial charge on any atom is 0.323 e. The van der Waals surface area contributed by atoms with Gasteiger partial charge in [0.1, 0.15) is 24.3 Å². The molecule has 6 unspecified atom stereocenters. The van der Waals surface area contributed by atoms with Gasteiger partial charge in [-0.25, -0.2) is 23.9 Å². The lowest BCUT2D eigenvalue weighted by Crippen LogP contribution is -2.53. The molecule has 0 amide bonds. The van der Waals surface area contributed by atoms with E-state index in [-0.39, 0.29) is 17.1 Å². The van der Waals surface area contributed by atoms with Gasteiger partial charge in [-0.1, -0.05) is 0 Å². The predicted octanol–water partition coefficient (Wildman–Crippen LogP) is 0.0568. The Hall–Kier alpha value is -2.64. The molecule has 2 aromatic rings. The summed E-state index contributed by atoms with van der Waals surface area (Å²) in [5.41, 5.74) is 1.56. The number of aliphatic hydroxyl groups is 2. The molecule has 3 heterocycles. The summed E-state index contributed by atoms with van der Waals surface area (Å²) in [5, 5.41) is 27.1. The van der Waals surface area contributed by atoms with Gasteiger partial charge in [-0.15, -0.1) is 0 Å². The van der Waals surface area contributed by atoms with Crippen LogP contribution in [-0.4, -0.2) is 96.8 Å². The van der Waals surface area contributed by atoms with Crippen LogP contribution in [0.1, 0.15) is 47.8 Å². The molecule has 0 saturated carbocycles.